The summed E-state index contributed by atoms with van der Waals surface area (Å²) >= 11 is 3.42. The van der Waals surface area contributed by atoms with Crippen molar-refractivity contribution in [2.75, 3.05) is 5.75 Å². The lowest BCUT2D eigenvalue weighted by Gasteiger charge is -1.71. The van der Waals surface area contributed by atoms with E-state index in [1.165, 1.54) is 0 Å². The summed E-state index contributed by atoms with van der Waals surface area (Å²) in [5, 5.41) is 7.65. The zero-order chi connectivity index (χ0) is 4.28. The first-order chi connectivity index (χ1) is 2.27. The normalized spacial score (nSPS) is 6.17. The van der Waals surface area contributed by atoms with E-state index in [0.717, 1.165) is 0 Å². The molecule has 0 atom stereocenters. The lowest BCUT2D eigenvalue weighted by Crippen LogP contribution is -1.92. The Labute approximate surface area is 48.4 Å². The van der Waals surface area contributed by atoms with E-state index in [0.29, 0.717) is 0 Å². The van der Waals surface area contributed by atoms with Crippen molar-refractivity contribution in [2.45, 2.75) is 0 Å². The molecule has 0 bridgehead atoms. The van der Waals surface area contributed by atoms with E-state index < -0.39 is 5.97 Å². The molecule has 0 rings (SSSR count). The highest BCUT2D eigenvalue weighted by Gasteiger charge is 1.81. The van der Waals surface area contributed by atoms with Gasteiger partial charge in [0.05, 0.1) is 5.75 Å². The van der Waals surface area contributed by atoms with Crippen LogP contribution in [0.15, 0.2) is 0 Å². The first-order valence-corrected chi connectivity index (χ1v) is 1.73. The summed E-state index contributed by atoms with van der Waals surface area (Å²) < 4.78 is 0. The highest BCUT2D eigenvalue weighted by molar-refractivity contribution is 7.81. The molecular formula is C2H4O2S2. The van der Waals surface area contributed by atoms with Crippen LogP contribution in [0.25, 0.3) is 0 Å². The topological polar surface area (TPSA) is 37.3 Å². The van der Waals surface area contributed by atoms with Gasteiger partial charge in [-0.15, -0.1) is 0 Å². The molecule has 1 N–H and O–H groups in total. The van der Waals surface area contributed by atoms with Crippen LogP contribution in [0.4, 0.5) is 0 Å². The number of carboxylic acid groups (broad SMARTS) is 1. The van der Waals surface area contributed by atoms with Gasteiger partial charge in [0.15, 0.2) is 0 Å². The molecule has 0 aliphatic heterocycles. The number of thiol groups is 1. The molecule has 36 valence electrons. The van der Waals surface area contributed by atoms with Gasteiger partial charge in [0, 0.05) is 13.5 Å². The summed E-state index contributed by atoms with van der Waals surface area (Å²) in [5.41, 5.74) is 0. The molecule has 0 amide bonds. The largest absolute Gasteiger partial charge is 0.481 e. The van der Waals surface area contributed by atoms with Crippen molar-refractivity contribution in [3.05, 3.63) is 0 Å². The fourth-order valence-electron chi connectivity index (χ4n) is 0. The summed E-state index contributed by atoms with van der Waals surface area (Å²) in [5.74, 6) is -0.965. The molecule has 0 heterocycles. The first kappa shape index (κ1) is 9.48. The Hall–Kier alpha value is 0.170. The molecule has 0 aliphatic carbocycles. The van der Waals surface area contributed by atoms with Crippen molar-refractivity contribution < 1.29 is 9.90 Å². The van der Waals surface area contributed by atoms with Crippen LogP contribution in [0.3, 0.4) is 0 Å². The molecule has 0 saturated carbocycles. The maximum absolute atomic E-state index is 9.29. The van der Waals surface area contributed by atoms with Crippen LogP contribution in [0.5, 0.6) is 0 Å². The molecule has 0 aromatic rings. The minimum absolute atomic E-state index is 0. The molecule has 0 fully saturated rings. The predicted octanol–water partition coefficient (Wildman–Crippen LogP) is 0.649. The minimum Gasteiger partial charge on any atom is -0.481 e. The quantitative estimate of drug-likeness (QED) is 0.503. The molecule has 2 nitrogen and oxygen atoms in total. The predicted molar refractivity (Wildman–Crippen MR) is 29.1 cm³/mol. The Balaban J connectivity index is 0. The maximum Gasteiger partial charge on any atom is 0.313 e. The summed E-state index contributed by atoms with van der Waals surface area (Å²) in [6.07, 6.45) is 0. The van der Waals surface area contributed by atoms with E-state index in [2.05, 4.69) is 12.6 Å². The van der Waals surface area contributed by atoms with Gasteiger partial charge in [0.2, 0.25) is 0 Å². The van der Waals surface area contributed by atoms with Crippen LogP contribution in [-0.2, 0) is 4.79 Å². The average Bonchev–Trinajstić information content (AvgIpc) is 1.38. The number of rotatable bonds is 1. The summed E-state index contributed by atoms with van der Waals surface area (Å²) in [7, 11) is 0. The Morgan fingerprint density at radius 2 is 2.00 bits per heavy atom. The number of carbonyl (C=O) groups is 1. The van der Waals surface area contributed by atoms with Crippen LogP contribution in [-0.4, -0.2) is 16.8 Å². The zero-order valence-electron chi connectivity index (χ0n) is 2.92. The number of hydrogen-bond donors (Lipinski definition) is 2. The first-order valence-electron chi connectivity index (χ1n) is 1.10. The zero-order valence-corrected chi connectivity index (χ0v) is 4.63. The van der Waals surface area contributed by atoms with E-state index in [-0.39, 0.29) is 19.2 Å². The minimum atomic E-state index is -0.881. The molecule has 0 saturated heterocycles. The van der Waals surface area contributed by atoms with Crippen molar-refractivity contribution in [3.63, 3.8) is 0 Å². The van der Waals surface area contributed by atoms with Gasteiger partial charge < -0.3 is 5.11 Å². The van der Waals surface area contributed by atoms with Crippen LogP contribution in [0.2, 0.25) is 0 Å². The van der Waals surface area contributed by atoms with Crippen molar-refractivity contribution >= 4 is 32.1 Å². The molecule has 2 radical (unpaired) electrons. The Morgan fingerprint density at radius 1 is 1.83 bits per heavy atom. The average molecular weight is 124 g/mol. The van der Waals surface area contributed by atoms with E-state index in [4.69, 9.17) is 5.11 Å². The van der Waals surface area contributed by atoms with Crippen LogP contribution in [0.1, 0.15) is 0 Å². The van der Waals surface area contributed by atoms with Crippen LogP contribution in [0, 0.1) is 0 Å². The molecule has 0 aromatic heterocycles. The van der Waals surface area contributed by atoms with Gasteiger partial charge in [0.25, 0.3) is 0 Å². The Kier molecular flexibility index (Phi) is 8.17. The van der Waals surface area contributed by atoms with Gasteiger partial charge >= 0.3 is 5.97 Å². The Bertz CT molecular complexity index is 44.8. The van der Waals surface area contributed by atoms with Crippen LogP contribution >= 0.6 is 26.1 Å². The van der Waals surface area contributed by atoms with Gasteiger partial charge in [0.1, 0.15) is 0 Å². The summed E-state index contributed by atoms with van der Waals surface area (Å²) in [6.45, 7) is 0. The summed E-state index contributed by atoms with van der Waals surface area (Å²) in [4.78, 5) is 9.29. The third-order valence-corrected chi connectivity index (χ3v) is 0.406. The fraction of sp³-hybridized carbons (Fsp3) is 0.500. The SMILES string of the molecule is O=C(O)CS.[S]. The molecule has 0 aliphatic rings. The van der Waals surface area contributed by atoms with Crippen molar-refractivity contribution in [3.8, 4) is 0 Å². The molecule has 6 heavy (non-hydrogen) atoms. The number of carboxylic acids is 1. The molecular weight excluding hydrogens is 120 g/mol. The van der Waals surface area contributed by atoms with E-state index >= 15 is 0 Å². The monoisotopic (exact) mass is 124 g/mol. The van der Waals surface area contributed by atoms with E-state index in [1.54, 1.807) is 0 Å². The highest BCUT2D eigenvalue weighted by Crippen LogP contribution is 1.66. The maximum atomic E-state index is 9.29. The third kappa shape index (κ3) is 8.90. The van der Waals surface area contributed by atoms with Crippen molar-refractivity contribution in [2.24, 2.45) is 0 Å². The second-order valence-electron chi connectivity index (χ2n) is 0.552. The summed E-state index contributed by atoms with van der Waals surface area (Å²) in [6, 6.07) is 0. The Morgan fingerprint density at radius 3 is 2.00 bits per heavy atom. The van der Waals surface area contributed by atoms with Crippen molar-refractivity contribution in [1.29, 1.82) is 0 Å². The van der Waals surface area contributed by atoms with Gasteiger partial charge in [-0.1, -0.05) is 0 Å². The van der Waals surface area contributed by atoms with Crippen LogP contribution < -0.4 is 0 Å². The highest BCUT2D eigenvalue weighted by atomic mass is 32.1. The lowest BCUT2D eigenvalue weighted by molar-refractivity contribution is -0.133. The standard InChI is InChI=1S/C2H4O2S.S/c3-2(4)1-5;/h5H,1H2,(H,3,4);. The third-order valence-electron chi connectivity index (χ3n) is 0.135. The van der Waals surface area contributed by atoms with Gasteiger partial charge in [-0.05, 0) is 0 Å². The fourth-order valence-corrected chi connectivity index (χ4v) is 0. The smallest absolute Gasteiger partial charge is 0.313 e. The second-order valence-corrected chi connectivity index (χ2v) is 0.868. The number of aliphatic carboxylic acids is 1. The van der Waals surface area contributed by atoms with E-state index in [9.17, 15) is 4.79 Å². The molecule has 0 unspecified atom stereocenters. The van der Waals surface area contributed by atoms with Gasteiger partial charge in [-0.25, -0.2) is 0 Å². The van der Waals surface area contributed by atoms with E-state index in [1.807, 2.05) is 0 Å². The number of hydrogen-bond acceptors (Lipinski definition) is 2. The van der Waals surface area contributed by atoms with Gasteiger partial charge in [-0.2, -0.15) is 12.6 Å². The molecule has 0 aromatic carbocycles. The van der Waals surface area contributed by atoms with Gasteiger partial charge in [-0.3, -0.25) is 4.79 Å². The second kappa shape index (κ2) is 5.17. The van der Waals surface area contributed by atoms with Crippen molar-refractivity contribution in [1.82, 2.24) is 0 Å². The lowest BCUT2D eigenvalue weighted by atomic mass is 10.8. The molecule has 4 heteroatoms. The molecule has 0 spiro atoms.